The van der Waals surface area contributed by atoms with Crippen LogP contribution in [0.25, 0.3) is 0 Å². The Hall–Kier alpha value is -1.80. The van der Waals surface area contributed by atoms with Crippen LogP contribution in [0.2, 0.25) is 5.02 Å². The van der Waals surface area contributed by atoms with Crippen LogP contribution in [0.15, 0.2) is 18.2 Å². The summed E-state index contributed by atoms with van der Waals surface area (Å²) in [5.74, 6) is -2.55. The first-order chi connectivity index (χ1) is 9.73. The number of anilines is 2. The van der Waals surface area contributed by atoms with Crippen molar-refractivity contribution in [3.63, 3.8) is 0 Å². The predicted octanol–water partition coefficient (Wildman–Crippen LogP) is 0.839. The molecule has 0 spiro atoms. The van der Waals surface area contributed by atoms with Gasteiger partial charge in [0.05, 0.1) is 30.0 Å². The van der Waals surface area contributed by atoms with E-state index < -0.39 is 33.2 Å². The zero-order valence-electron chi connectivity index (χ0n) is 11.3. The topological polar surface area (TPSA) is 116 Å². The van der Waals surface area contributed by atoms with Gasteiger partial charge in [0, 0.05) is 5.69 Å². The highest BCUT2D eigenvalue weighted by Crippen LogP contribution is 2.22. The Kier molecular flexibility index (Phi) is 5.98. The molecule has 1 aromatic carbocycles. The van der Waals surface area contributed by atoms with Gasteiger partial charge in [-0.1, -0.05) is 11.6 Å². The molecule has 0 fully saturated rings. The van der Waals surface area contributed by atoms with Crippen LogP contribution in [0.3, 0.4) is 0 Å². The van der Waals surface area contributed by atoms with Gasteiger partial charge in [0.25, 0.3) is 0 Å². The molecule has 0 saturated carbocycles. The van der Waals surface area contributed by atoms with Crippen molar-refractivity contribution in [1.29, 1.82) is 0 Å². The van der Waals surface area contributed by atoms with E-state index in [1.807, 2.05) is 0 Å². The van der Waals surface area contributed by atoms with Crippen LogP contribution in [0.4, 0.5) is 11.4 Å². The fourth-order valence-electron chi connectivity index (χ4n) is 1.43. The Balaban J connectivity index is 2.60. The van der Waals surface area contributed by atoms with Crippen molar-refractivity contribution in [2.45, 2.75) is 6.42 Å². The van der Waals surface area contributed by atoms with E-state index in [2.05, 4.69) is 10.1 Å². The van der Waals surface area contributed by atoms with Gasteiger partial charge in [-0.3, -0.25) is 9.59 Å². The van der Waals surface area contributed by atoms with Gasteiger partial charge < -0.3 is 15.8 Å². The number of carbonyl (C=O) groups is 2. The highest BCUT2D eigenvalue weighted by molar-refractivity contribution is 7.92. The lowest BCUT2D eigenvalue weighted by Crippen LogP contribution is -2.25. The van der Waals surface area contributed by atoms with Crippen molar-refractivity contribution in [3.8, 4) is 0 Å². The van der Waals surface area contributed by atoms with Crippen LogP contribution in [-0.2, 0) is 24.2 Å². The molecule has 7 nitrogen and oxygen atoms in total. The van der Waals surface area contributed by atoms with E-state index in [1.165, 1.54) is 18.2 Å². The number of amides is 1. The van der Waals surface area contributed by atoms with Gasteiger partial charge in [-0.05, 0) is 18.2 Å². The summed E-state index contributed by atoms with van der Waals surface area (Å²) in [4.78, 5) is 22.5. The lowest BCUT2D eigenvalue weighted by atomic mass is 10.3. The summed E-state index contributed by atoms with van der Waals surface area (Å²) in [6, 6.07) is 4.40. The van der Waals surface area contributed by atoms with Crippen LogP contribution in [-0.4, -0.2) is 38.9 Å². The molecule has 0 aliphatic heterocycles. The zero-order valence-corrected chi connectivity index (χ0v) is 12.8. The van der Waals surface area contributed by atoms with E-state index in [4.69, 9.17) is 17.3 Å². The number of nitrogens with two attached hydrogens (primary N) is 1. The van der Waals surface area contributed by atoms with Gasteiger partial charge in [0.15, 0.2) is 9.84 Å². The third kappa shape index (κ3) is 6.01. The molecule has 0 unspecified atom stereocenters. The quantitative estimate of drug-likeness (QED) is 0.588. The maximum absolute atomic E-state index is 11.7. The van der Waals surface area contributed by atoms with E-state index >= 15 is 0 Å². The van der Waals surface area contributed by atoms with Crippen LogP contribution < -0.4 is 11.1 Å². The van der Waals surface area contributed by atoms with Gasteiger partial charge in [-0.25, -0.2) is 8.42 Å². The maximum Gasteiger partial charge on any atom is 0.306 e. The standard InChI is InChI=1S/C12H15ClN2O5S/c1-20-12(17)4-5-21(18,19)7-11(16)15-8-2-3-9(13)10(14)6-8/h2-3,6H,4-5,7,14H2,1H3,(H,15,16). The third-order valence-electron chi connectivity index (χ3n) is 2.48. The minimum Gasteiger partial charge on any atom is -0.469 e. The lowest BCUT2D eigenvalue weighted by molar-refractivity contribution is -0.140. The fourth-order valence-corrected chi connectivity index (χ4v) is 2.64. The first kappa shape index (κ1) is 17.3. The Labute approximate surface area is 127 Å². The molecule has 0 aliphatic rings. The molecule has 0 saturated heterocycles. The highest BCUT2D eigenvalue weighted by atomic mass is 35.5. The number of rotatable bonds is 6. The molecular weight excluding hydrogens is 320 g/mol. The number of hydrogen-bond donors (Lipinski definition) is 2. The second kappa shape index (κ2) is 7.28. The number of sulfone groups is 1. The van der Waals surface area contributed by atoms with Crippen molar-refractivity contribution < 1.29 is 22.7 Å². The van der Waals surface area contributed by atoms with E-state index in [-0.39, 0.29) is 12.1 Å². The molecule has 1 rings (SSSR count). The number of hydrogen-bond acceptors (Lipinski definition) is 6. The number of halogens is 1. The number of carbonyl (C=O) groups excluding carboxylic acids is 2. The molecule has 9 heteroatoms. The fraction of sp³-hybridized carbons (Fsp3) is 0.333. The van der Waals surface area contributed by atoms with Crippen molar-refractivity contribution in [2.24, 2.45) is 0 Å². The lowest BCUT2D eigenvalue weighted by Gasteiger charge is -2.07. The Morgan fingerprint density at radius 2 is 2.05 bits per heavy atom. The summed E-state index contributed by atoms with van der Waals surface area (Å²) < 4.78 is 27.7. The smallest absolute Gasteiger partial charge is 0.306 e. The van der Waals surface area contributed by atoms with Gasteiger partial charge in [0.1, 0.15) is 5.75 Å². The van der Waals surface area contributed by atoms with Gasteiger partial charge >= 0.3 is 5.97 Å². The third-order valence-corrected chi connectivity index (χ3v) is 4.35. The first-order valence-corrected chi connectivity index (χ1v) is 8.05. The number of methoxy groups -OCH3 is 1. The molecular formula is C12H15ClN2O5S. The van der Waals surface area contributed by atoms with Crippen LogP contribution >= 0.6 is 11.6 Å². The molecule has 1 amide bonds. The van der Waals surface area contributed by atoms with E-state index in [0.717, 1.165) is 7.11 Å². The van der Waals surface area contributed by atoms with Crippen molar-refractivity contribution in [1.82, 2.24) is 0 Å². The minimum atomic E-state index is -3.69. The predicted molar refractivity (Wildman–Crippen MR) is 79.8 cm³/mol. The number of nitrogens with one attached hydrogen (secondary N) is 1. The number of esters is 1. The zero-order chi connectivity index (χ0) is 16.0. The summed E-state index contributed by atoms with van der Waals surface area (Å²) >= 11 is 5.73. The summed E-state index contributed by atoms with van der Waals surface area (Å²) in [6.07, 6.45) is -0.292. The molecule has 21 heavy (non-hydrogen) atoms. The van der Waals surface area contributed by atoms with Crippen molar-refractivity contribution >= 4 is 44.7 Å². The molecule has 0 aliphatic carbocycles. The van der Waals surface area contributed by atoms with Crippen LogP contribution in [0.5, 0.6) is 0 Å². The number of ether oxygens (including phenoxy) is 1. The molecule has 1 aromatic rings. The van der Waals surface area contributed by atoms with Crippen LogP contribution in [0.1, 0.15) is 6.42 Å². The Morgan fingerprint density at radius 3 is 2.62 bits per heavy atom. The summed E-state index contributed by atoms with van der Waals surface area (Å²) in [5.41, 5.74) is 6.17. The molecule has 0 bridgehead atoms. The second-order valence-electron chi connectivity index (χ2n) is 4.20. The van der Waals surface area contributed by atoms with E-state index in [0.29, 0.717) is 10.7 Å². The largest absolute Gasteiger partial charge is 0.469 e. The van der Waals surface area contributed by atoms with Gasteiger partial charge in [-0.2, -0.15) is 0 Å². The molecule has 0 atom stereocenters. The normalized spacial score (nSPS) is 11.0. The highest BCUT2D eigenvalue weighted by Gasteiger charge is 2.18. The van der Waals surface area contributed by atoms with Gasteiger partial charge in [0.2, 0.25) is 5.91 Å². The molecule has 3 N–H and O–H groups in total. The SMILES string of the molecule is COC(=O)CCS(=O)(=O)CC(=O)Nc1ccc(Cl)c(N)c1. The van der Waals surface area contributed by atoms with Crippen molar-refractivity contribution in [3.05, 3.63) is 23.2 Å². The molecule has 0 heterocycles. The maximum atomic E-state index is 11.7. The molecule has 116 valence electrons. The molecule has 0 radical (unpaired) electrons. The summed E-state index contributed by atoms with van der Waals surface area (Å²) in [6.45, 7) is 0. The summed E-state index contributed by atoms with van der Waals surface area (Å²) in [5, 5.41) is 2.73. The number of benzene rings is 1. The van der Waals surface area contributed by atoms with Crippen LogP contribution in [0, 0.1) is 0 Å². The minimum absolute atomic E-state index is 0.267. The van der Waals surface area contributed by atoms with Crippen molar-refractivity contribution in [2.75, 3.05) is 29.7 Å². The Morgan fingerprint density at radius 1 is 1.38 bits per heavy atom. The monoisotopic (exact) mass is 334 g/mol. The Bertz CT molecular complexity index is 645. The van der Waals surface area contributed by atoms with E-state index in [1.54, 1.807) is 0 Å². The summed E-state index contributed by atoms with van der Waals surface area (Å²) in [7, 11) is -2.54. The average molecular weight is 335 g/mol. The van der Waals surface area contributed by atoms with Gasteiger partial charge in [-0.15, -0.1) is 0 Å². The molecule has 0 aromatic heterocycles. The average Bonchev–Trinajstić information content (AvgIpc) is 2.39. The number of nitrogen functional groups attached to an aromatic ring is 1. The first-order valence-electron chi connectivity index (χ1n) is 5.85. The second-order valence-corrected chi connectivity index (χ2v) is 6.79. The van der Waals surface area contributed by atoms with E-state index in [9.17, 15) is 18.0 Å².